The summed E-state index contributed by atoms with van der Waals surface area (Å²) in [6, 6.07) is 2.77. The lowest BCUT2D eigenvalue weighted by Gasteiger charge is -2.10. The Labute approximate surface area is 139 Å². The summed E-state index contributed by atoms with van der Waals surface area (Å²) in [5, 5.41) is 9.47. The Bertz CT molecular complexity index is 1070. The molecule has 2 N–H and O–H groups in total. The minimum absolute atomic E-state index is 0.0952. The molecule has 7 nitrogen and oxygen atoms in total. The third-order valence-electron chi connectivity index (χ3n) is 4.28. The van der Waals surface area contributed by atoms with Gasteiger partial charge < -0.3 is 9.52 Å². The molecule has 8 heteroatoms. The molecule has 3 aromatic heterocycles. The van der Waals surface area contributed by atoms with Crippen molar-refractivity contribution in [1.29, 1.82) is 0 Å². The molecule has 0 spiro atoms. The fraction of sp³-hybridized carbons (Fsp3) is 0.312. The first-order valence-corrected chi connectivity index (χ1v) is 8.45. The third-order valence-corrected chi connectivity index (χ3v) is 5.49. The standard InChI is InChI=1S/C16H14N2O5S/c19-14-12-9-3-1-2-4-11(9)24-13(12)17-16(22)18(14)7-8-5-6-10(23-8)15(20)21/h5-6H,1-4,7H2,(H,17,22)(H,20,21). The van der Waals surface area contributed by atoms with E-state index < -0.39 is 11.7 Å². The van der Waals surface area contributed by atoms with Gasteiger partial charge in [0.05, 0.1) is 11.9 Å². The first-order chi connectivity index (χ1) is 11.5. The number of carboxylic acid groups (broad SMARTS) is 1. The summed E-state index contributed by atoms with van der Waals surface area (Å²) < 4.78 is 6.22. The molecule has 0 amide bonds. The van der Waals surface area contributed by atoms with Crippen molar-refractivity contribution in [3.05, 3.63) is 54.9 Å². The number of rotatable bonds is 3. The van der Waals surface area contributed by atoms with Crippen LogP contribution in [0.15, 0.2) is 26.1 Å². The summed E-state index contributed by atoms with van der Waals surface area (Å²) in [5.41, 5.74) is 0.183. The average Bonchev–Trinajstić information content (AvgIpc) is 3.15. The maximum absolute atomic E-state index is 12.8. The fourth-order valence-electron chi connectivity index (χ4n) is 3.15. The molecule has 0 unspecified atom stereocenters. The Morgan fingerprint density at radius 3 is 2.83 bits per heavy atom. The molecule has 24 heavy (non-hydrogen) atoms. The number of carbonyl (C=O) groups is 1. The number of hydrogen-bond donors (Lipinski definition) is 2. The van der Waals surface area contributed by atoms with Crippen LogP contribution in [0.2, 0.25) is 0 Å². The van der Waals surface area contributed by atoms with Crippen molar-refractivity contribution in [3.63, 3.8) is 0 Å². The zero-order chi connectivity index (χ0) is 16.8. The van der Waals surface area contributed by atoms with E-state index >= 15 is 0 Å². The number of aromatic amines is 1. The molecule has 0 aromatic carbocycles. The van der Waals surface area contributed by atoms with Gasteiger partial charge in [-0.25, -0.2) is 9.59 Å². The highest BCUT2D eigenvalue weighted by Gasteiger charge is 2.21. The quantitative estimate of drug-likeness (QED) is 0.754. The predicted molar refractivity (Wildman–Crippen MR) is 88.1 cm³/mol. The van der Waals surface area contributed by atoms with Gasteiger partial charge in [0.15, 0.2) is 0 Å². The molecular weight excluding hydrogens is 332 g/mol. The second-order valence-electron chi connectivity index (χ2n) is 5.81. The number of aryl methyl sites for hydroxylation is 2. The van der Waals surface area contributed by atoms with Crippen molar-refractivity contribution in [2.24, 2.45) is 0 Å². The van der Waals surface area contributed by atoms with Gasteiger partial charge in [-0.1, -0.05) is 0 Å². The van der Waals surface area contributed by atoms with Crippen LogP contribution in [0.25, 0.3) is 10.2 Å². The molecule has 0 bridgehead atoms. The number of fused-ring (bicyclic) bond motifs is 3. The summed E-state index contributed by atoms with van der Waals surface area (Å²) in [4.78, 5) is 40.5. The number of nitrogens with one attached hydrogen (secondary N) is 1. The molecular formula is C16H14N2O5S. The van der Waals surface area contributed by atoms with E-state index in [-0.39, 0.29) is 23.6 Å². The van der Waals surface area contributed by atoms with Crippen LogP contribution >= 0.6 is 11.3 Å². The lowest BCUT2D eigenvalue weighted by atomic mass is 9.97. The van der Waals surface area contributed by atoms with Crippen LogP contribution in [0.4, 0.5) is 0 Å². The van der Waals surface area contributed by atoms with Gasteiger partial charge in [-0.15, -0.1) is 11.3 Å². The number of nitrogens with zero attached hydrogens (tertiary/aromatic N) is 1. The normalized spacial score (nSPS) is 14.0. The van der Waals surface area contributed by atoms with E-state index in [0.29, 0.717) is 10.2 Å². The number of furan rings is 1. The van der Waals surface area contributed by atoms with Crippen LogP contribution in [0.5, 0.6) is 0 Å². The monoisotopic (exact) mass is 346 g/mol. The van der Waals surface area contributed by atoms with E-state index in [4.69, 9.17) is 9.52 Å². The van der Waals surface area contributed by atoms with Crippen molar-refractivity contribution in [1.82, 2.24) is 9.55 Å². The average molecular weight is 346 g/mol. The summed E-state index contributed by atoms with van der Waals surface area (Å²) in [6.45, 7) is -0.0952. The number of hydrogen-bond acceptors (Lipinski definition) is 5. The summed E-state index contributed by atoms with van der Waals surface area (Å²) >= 11 is 1.48. The second-order valence-corrected chi connectivity index (χ2v) is 6.91. The van der Waals surface area contributed by atoms with Crippen LogP contribution in [0.1, 0.15) is 39.6 Å². The maximum atomic E-state index is 12.8. The Balaban J connectivity index is 1.84. The SMILES string of the molecule is O=C(O)c1ccc(Cn2c(=O)[nH]c3sc4c(c3c2=O)CCCC4)o1. The lowest BCUT2D eigenvalue weighted by Crippen LogP contribution is -2.35. The van der Waals surface area contributed by atoms with E-state index in [1.165, 1.54) is 28.3 Å². The molecule has 0 saturated carbocycles. The zero-order valence-corrected chi connectivity index (χ0v) is 13.4. The van der Waals surface area contributed by atoms with Crippen molar-refractivity contribution >= 4 is 27.5 Å². The topological polar surface area (TPSA) is 105 Å². The molecule has 0 aliphatic heterocycles. The van der Waals surface area contributed by atoms with Gasteiger partial charge in [0.1, 0.15) is 10.6 Å². The summed E-state index contributed by atoms with van der Waals surface area (Å²) in [5.74, 6) is -1.16. The van der Waals surface area contributed by atoms with E-state index in [9.17, 15) is 14.4 Å². The van der Waals surface area contributed by atoms with Crippen molar-refractivity contribution in [3.8, 4) is 0 Å². The number of H-pyrrole nitrogens is 1. The van der Waals surface area contributed by atoms with Gasteiger partial charge in [0.2, 0.25) is 5.76 Å². The van der Waals surface area contributed by atoms with Gasteiger partial charge >= 0.3 is 11.7 Å². The minimum Gasteiger partial charge on any atom is -0.475 e. The predicted octanol–water partition coefficient (Wildman–Crippen LogP) is 1.97. The highest BCUT2D eigenvalue weighted by Crippen LogP contribution is 2.33. The molecule has 0 atom stereocenters. The second kappa shape index (κ2) is 5.48. The molecule has 3 heterocycles. The summed E-state index contributed by atoms with van der Waals surface area (Å²) in [7, 11) is 0. The van der Waals surface area contributed by atoms with Gasteiger partial charge in [0.25, 0.3) is 5.56 Å². The van der Waals surface area contributed by atoms with Crippen LogP contribution in [-0.2, 0) is 19.4 Å². The van der Waals surface area contributed by atoms with Crippen LogP contribution < -0.4 is 11.2 Å². The Morgan fingerprint density at radius 2 is 2.08 bits per heavy atom. The van der Waals surface area contributed by atoms with Crippen molar-refractivity contribution in [2.75, 3.05) is 0 Å². The minimum atomic E-state index is -1.19. The van der Waals surface area contributed by atoms with Crippen LogP contribution in [-0.4, -0.2) is 20.6 Å². The third kappa shape index (κ3) is 2.30. The van der Waals surface area contributed by atoms with Gasteiger partial charge in [-0.3, -0.25) is 14.3 Å². The smallest absolute Gasteiger partial charge is 0.371 e. The molecule has 1 aliphatic rings. The number of carboxylic acids is 1. The molecule has 0 radical (unpaired) electrons. The van der Waals surface area contributed by atoms with E-state index in [2.05, 4.69) is 4.98 Å². The number of thiophene rings is 1. The van der Waals surface area contributed by atoms with Gasteiger partial charge in [-0.05, 0) is 43.4 Å². The van der Waals surface area contributed by atoms with Crippen molar-refractivity contribution in [2.45, 2.75) is 32.2 Å². The molecule has 0 fully saturated rings. The molecule has 4 rings (SSSR count). The lowest BCUT2D eigenvalue weighted by molar-refractivity contribution is 0.0660. The van der Waals surface area contributed by atoms with E-state index in [1.807, 2.05) is 0 Å². The first-order valence-electron chi connectivity index (χ1n) is 7.64. The fourth-order valence-corrected chi connectivity index (χ4v) is 4.42. The molecule has 1 aliphatic carbocycles. The highest BCUT2D eigenvalue weighted by molar-refractivity contribution is 7.18. The highest BCUT2D eigenvalue weighted by atomic mass is 32.1. The number of aromatic nitrogens is 2. The van der Waals surface area contributed by atoms with Gasteiger partial charge in [-0.2, -0.15) is 0 Å². The zero-order valence-electron chi connectivity index (χ0n) is 12.6. The Hall–Kier alpha value is -2.61. The molecule has 0 saturated heterocycles. The number of aromatic carboxylic acids is 1. The first kappa shape index (κ1) is 14.9. The van der Waals surface area contributed by atoms with Crippen molar-refractivity contribution < 1.29 is 14.3 Å². The van der Waals surface area contributed by atoms with E-state index in [1.54, 1.807) is 0 Å². The molecule has 124 valence electrons. The Kier molecular flexibility index (Phi) is 3.42. The molecule has 3 aromatic rings. The van der Waals surface area contributed by atoms with E-state index in [0.717, 1.165) is 35.8 Å². The largest absolute Gasteiger partial charge is 0.475 e. The van der Waals surface area contributed by atoms with Crippen LogP contribution in [0.3, 0.4) is 0 Å². The van der Waals surface area contributed by atoms with Crippen LogP contribution in [0, 0.1) is 0 Å². The maximum Gasteiger partial charge on any atom is 0.371 e. The summed E-state index contributed by atoms with van der Waals surface area (Å²) in [6.07, 6.45) is 3.93. The van der Waals surface area contributed by atoms with Gasteiger partial charge in [0, 0.05) is 4.88 Å². The Morgan fingerprint density at radius 1 is 1.29 bits per heavy atom.